The standard InChI is InChI=1S/C21H18F3NO3S/c1-15-9-3-5-11-17(15)25(18-12-6-4-10-16(18)2)19-13-7-8-14-20(19)28-29(26,27)21(22,23)24/h3-14H,1-2H3. The van der Waals surface area contributed by atoms with Crippen LogP contribution in [0.4, 0.5) is 30.2 Å². The molecule has 0 atom stereocenters. The highest BCUT2D eigenvalue weighted by Crippen LogP contribution is 2.43. The molecule has 0 fully saturated rings. The van der Waals surface area contributed by atoms with Crippen LogP contribution in [0.3, 0.4) is 0 Å². The summed E-state index contributed by atoms with van der Waals surface area (Å²) < 4.78 is 66.5. The number of halogens is 3. The molecule has 3 aromatic rings. The van der Waals surface area contributed by atoms with Crippen molar-refractivity contribution < 1.29 is 25.8 Å². The van der Waals surface area contributed by atoms with Crippen LogP contribution in [0.2, 0.25) is 0 Å². The molecule has 0 heterocycles. The van der Waals surface area contributed by atoms with E-state index in [9.17, 15) is 21.6 Å². The zero-order chi connectivity index (χ0) is 21.2. The van der Waals surface area contributed by atoms with Crippen LogP contribution in [-0.2, 0) is 10.1 Å². The Bertz CT molecular complexity index is 1080. The molecule has 0 aliphatic rings. The van der Waals surface area contributed by atoms with Crippen LogP contribution < -0.4 is 9.08 Å². The van der Waals surface area contributed by atoms with Crippen molar-refractivity contribution in [3.8, 4) is 5.75 Å². The van der Waals surface area contributed by atoms with E-state index in [4.69, 9.17) is 0 Å². The average Bonchev–Trinajstić information content (AvgIpc) is 2.65. The summed E-state index contributed by atoms with van der Waals surface area (Å²) in [5.74, 6) is -0.420. The average molecular weight is 421 g/mol. The van der Waals surface area contributed by atoms with Gasteiger partial charge in [0.15, 0.2) is 5.75 Å². The fourth-order valence-corrected chi connectivity index (χ4v) is 3.37. The molecule has 29 heavy (non-hydrogen) atoms. The Balaban J connectivity index is 2.24. The van der Waals surface area contributed by atoms with Crippen LogP contribution in [0.1, 0.15) is 11.1 Å². The zero-order valence-corrected chi connectivity index (χ0v) is 16.5. The third-order valence-corrected chi connectivity index (χ3v) is 5.27. The largest absolute Gasteiger partial charge is 0.534 e. The number of benzene rings is 3. The van der Waals surface area contributed by atoms with Gasteiger partial charge in [0.05, 0.1) is 5.69 Å². The number of para-hydroxylation sites is 4. The minimum atomic E-state index is -5.82. The van der Waals surface area contributed by atoms with Crippen LogP contribution in [-0.4, -0.2) is 13.9 Å². The summed E-state index contributed by atoms with van der Waals surface area (Å²) in [5.41, 5.74) is -2.29. The van der Waals surface area contributed by atoms with E-state index in [0.29, 0.717) is 11.4 Å². The van der Waals surface area contributed by atoms with Gasteiger partial charge >= 0.3 is 15.6 Å². The molecular formula is C21H18F3NO3S. The van der Waals surface area contributed by atoms with E-state index in [1.54, 1.807) is 35.2 Å². The van der Waals surface area contributed by atoms with Gasteiger partial charge in [-0.3, -0.25) is 0 Å². The molecule has 0 saturated heterocycles. The third-order valence-electron chi connectivity index (χ3n) is 4.30. The molecule has 8 heteroatoms. The Morgan fingerprint density at radius 3 is 1.59 bits per heavy atom. The van der Waals surface area contributed by atoms with Crippen molar-refractivity contribution in [3.63, 3.8) is 0 Å². The molecule has 0 amide bonds. The SMILES string of the molecule is Cc1ccccc1N(c1ccccc1C)c1ccccc1OS(=O)(=O)C(F)(F)F. The number of nitrogens with zero attached hydrogens (tertiary/aromatic N) is 1. The molecule has 0 radical (unpaired) electrons. The predicted octanol–water partition coefficient (Wildman–Crippen LogP) is 6.00. The van der Waals surface area contributed by atoms with Crippen molar-refractivity contribution in [1.82, 2.24) is 0 Å². The lowest BCUT2D eigenvalue weighted by Crippen LogP contribution is -2.28. The van der Waals surface area contributed by atoms with Gasteiger partial charge in [0.2, 0.25) is 0 Å². The first-order chi connectivity index (χ1) is 13.6. The highest BCUT2D eigenvalue weighted by Gasteiger charge is 2.49. The molecule has 0 aromatic heterocycles. The molecule has 4 nitrogen and oxygen atoms in total. The lowest BCUT2D eigenvalue weighted by atomic mass is 10.1. The Labute approximate surface area is 167 Å². The van der Waals surface area contributed by atoms with Gasteiger partial charge in [-0.1, -0.05) is 48.5 Å². The highest BCUT2D eigenvalue weighted by atomic mass is 32.2. The molecule has 0 bridgehead atoms. The molecule has 3 aromatic carbocycles. The smallest absolute Gasteiger partial charge is 0.374 e. The minimum absolute atomic E-state index is 0.170. The van der Waals surface area contributed by atoms with Gasteiger partial charge in [0.25, 0.3) is 0 Å². The van der Waals surface area contributed by atoms with Crippen molar-refractivity contribution in [2.24, 2.45) is 0 Å². The Morgan fingerprint density at radius 1 is 0.724 bits per heavy atom. The number of anilines is 3. The van der Waals surface area contributed by atoms with Gasteiger partial charge in [-0.05, 0) is 49.2 Å². The third kappa shape index (κ3) is 4.22. The van der Waals surface area contributed by atoms with Gasteiger partial charge in [-0.2, -0.15) is 21.6 Å². The molecule has 0 unspecified atom stereocenters. The maximum absolute atomic E-state index is 12.9. The van der Waals surface area contributed by atoms with Gasteiger partial charge in [0, 0.05) is 11.4 Å². The first-order valence-electron chi connectivity index (χ1n) is 8.63. The number of hydrogen-bond donors (Lipinski definition) is 0. The van der Waals surface area contributed by atoms with Crippen LogP contribution in [0.15, 0.2) is 72.8 Å². The summed E-state index contributed by atoms with van der Waals surface area (Å²) >= 11 is 0. The quantitative estimate of drug-likeness (QED) is 0.374. The number of aryl methyl sites for hydroxylation is 2. The second kappa shape index (κ2) is 7.79. The van der Waals surface area contributed by atoms with Gasteiger partial charge in [0.1, 0.15) is 0 Å². The maximum Gasteiger partial charge on any atom is 0.534 e. The number of hydrogen-bond acceptors (Lipinski definition) is 4. The second-order valence-corrected chi connectivity index (χ2v) is 7.90. The monoisotopic (exact) mass is 421 g/mol. The summed E-state index contributed by atoms with van der Waals surface area (Å²) in [6, 6.07) is 20.3. The fraction of sp³-hybridized carbons (Fsp3) is 0.143. The lowest BCUT2D eigenvalue weighted by Gasteiger charge is -2.29. The summed E-state index contributed by atoms with van der Waals surface area (Å²) in [5, 5.41) is 0. The fourth-order valence-electron chi connectivity index (χ4n) is 2.90. The molecule has 0 spiro atoms. The van der Waals surface area contributed by atoms with Crippen molar-refractivity contribution in [1.29, 1.82) is 0 Å². The van der Waals surface area contributed by atoms with Gasteiger partial charge in [-0.15, -0.1) is 0 Å². The molecule has 0 saturated carbocycles. The molecule has 152 valence electrons. The highest BCUT2D eigenvalue weighted by molar-refractivity contribution is 7.88. The van der Waals surface area contributed by atoms with E-state index >= 15 is 0 Å². The second-order valence-electron chi connectivity index (χ2n) is 6.36. The molecular weight excluding hydrogens is 403 g/mol. The first kappa shape index (κ1) is 20.7. The Hall–Kier alpha value is -3.00. The summed E-state index contributed by atoms with van der Waals surface area (Å²) in [4.78, 5) is 1.69. The van der Waals surface area contributed by atoms with Gasteiger partial charge < -0.3 is 9.08 Å². The molecule has 0 aliphatic heterocycles. The van der Waals surface area contributed by atoms with Crippen LogP contribution in [0.25, 0.3) is 0 Å². The van der Waals surface area contributed by atoms with Crippen molar-refractivity contribution >= 4 is 27.2 Å². The van der Waals surface area contributed by atoms with Crippen LogP contribution in [0, 0.1) is 13.8 Å². The summed E-state index contributed by atoms with van der Waals surface area (Å²) in [6.45, 7) is 3.72. The van der Waals surface area contributed by atoms with E-state index < -0.39 is 21.4 Å². The van der Waals surface area contributed by atoms with Crippen LogP contribution in [0.5, 0.6) is 5.75 Å². The lowest BCUT2D eigenvalue weighted by molar-refractivity contribution is -0.0499. The van der Waals surface area contributed by atoms with Crippen LogP contribution >= 0.6 is 0 Å². The molecule has 0 N–H and O–H groups in total. The predicted molar refractivity (Wildman–Crippen MR) is 106 cm³/mol. The molecule has 0 aliphatic carbocycles. The normalized spacial score (nSPS) is 11.9. The zero-order valence-electron chi connectivity index (χ0n) is 15.6. The van der Waals surface area contributed by atoms with Gasteiger partial charge in [-0.25, -0.2) is 0 Å². The maximum atomic E-state index is 12.9. The summed E-state index contributed by atoms with van der Waals surface area (Å²) in [7, 11) is -5.82. The van der Waals surface area contributed by atoms with E-state index in [-0.39, 0.29) is 5.69 Å². The number of alkyl halides is 3. The number of rotatable bonds is 5. The van der Waals surface area contributed by atoms with Crippen molar-refractivity contribution in [2.45, 2.75) is 19.4 Å². The minimum Gasteiger partial charge on any atom is -0.374 e. The summed E-state index contributed by atoms with van der Waals surface area (Å²) in [6.07, 6.45) is 0. The van der Waals surface area contributed by atoms with E-state index in [1.807, 2.05) is 38.1 Å². The molecule has 3 rings (SSSR count). The van der Waals surface area contributed by atoms with E-state index in [0.717, 1.165) is 11.1 Å². The van der Waals surface area contributed by atoms with E-state index in [1.165, 1.54) is 18.2 Å². The van der Waals surface area contributed by atoms with Crippen molar-refractivity contribution in [2.75, 3.05) is 4.90 Å². The van der Waals surface area contributed by atoms with Crippen molar-refractivity contribution in [3.05, 3.63) is 83.9 Å². The Kier molecular flexibility index (Phi) is 5.57. The Morgan fingerprint density at radius 2 is 1.14 bits per heavy atom. The topological polar surface area (TPSA) is 46.6 Å². The first-order valence-corrected chi connectivity index (χ1v) is 10.0. The van der Waals surface area contributed by atoms with E-state index in [2.05, 4.69) is 4.18 Å².